The van der Waals surface area contributed by atoms with Gasteiger partial charge in [0, 0.05) is 32.4 Å². The maximum atomic E-state index is 5.69. The molecule has 3 rings (SSSR count). The molecule has 1 fully saturated rings. The van der Waals surface area contributed by atoms with Crippen LogP contribution in [0.3, 0.4) is 0 Å². The Morgan fingerprint density at radius 3 is 3.00 bits per heavy atom. The van der Waals surface area contributed by atoms with E-state index in [1.165, 1.54) is 25.2 Å². The summed E-state index contributed by atoms with van der Waals surface area (Å²) in [6, 6.07) is 4.14. The first-order valence-electron chi connectivity index (χ1n) is 7.44. The minimum Gasteiger partial charge on any atom is -0.465 e. The van der Waals surface area contributed by atoms with Crippen LogP contribution in [-0.2, 0) is 20.0 Å². The monoisotopic (exact) mass is 273 g/mol. The summed E-state index contributed by atoms with van der Waals surface area (Å²) in [6.07, 6.45) is 7.58. The molecule has 0 saturated carbocycles. The number of hydrogen-bond donors (Lipinski definition) is 0. The Balaban J connectivity index is 1.57. The Morgan fingerprint density at radius 2 is 2.30 bits per heavy atom. The Morgan fingerprint density at radius 1 is 1.40 bits per heavy atom. The lowest BCUT2D eigenvalue weighted by atomic mass is 9.94. The van der Waals surface area contributed by atoms with Crippen LogP contribution in [0.15, 0.2) is 28.9 Å². The molecule has 0 amide bonds. The molecular formula is C16H23N3O. The summed E-state index contributed by atoms with van der Waals surface area (Å²) in [6.45, 7) is 5.26. The highest BCUT2D eigenvalue weighted by molar-refractivity contribution is 5.05. The first-order valence-corrected chi connectivity index (χ1v) is 7.44. The number of furan rings is 1. The van der Waals surface area contributed by atoms with Gasteiger partial charge in [-0.05, 0) is 44.4 Å². The highest BCUT2D eigenvalue weighted by Gasteiger charge is 2.22. The number of hydrogen-bond acceptors (Lipinski definition) is 3. The third kappa shape index (κ3) is 3.12. The van der Waals surface area contributed by atoms with Gasteiger partial charge >= 0.3 is 0 Å². The van der Waals surface area contributed by atoms with Crippen molar-refractivity contribution in [1.29, 1.82) is 0 Å². The fraction of sp³-hybridized carbons (Fsp3) is 0.562. The number of nitrogens with zero attached hydrogens (tertiary/aromatic N) is 3. The van der Waals surface area contributed by atoms with Crippen molar-refractivity contribution in [3.8, 4) is 0 Å². The zero-order chi connectivity index (χ0) is 13.9. The Hall–Kier alpha value is -1.55. The van der Waals surface area contributed by atoms with Crippen LogP contribution in [0.1, 0.15) is 30.2 Å². The van der Waals surface area contributed by atoms with Crippen LogP contribution in [0, 0.1) is 12.8 Å². The van der Waals surface area contributed by atoms with Gasteiger partial charge in [-0.1, -0.05) is 0 Å². The normalized spacial score (nSPS) is 20.4. The second-order valence-corrected chi connectivity index (χ2v) is 5.91. The molecule has 4 nitrogen and oxygen atoms in total. The second-order valence-electron chi connectivity index (χ2n) is 5.91. The van der Waals surface area contributed by atoms with Crippen molar-refractivity contribution in [2.24, 2.45) is 13.0 Å². The number of likely N-dealkylation sites (tertiary alicyclic amines) is 1. The Bertz CT molecular complexity index is 558. The number of aromatic nitrogens is 2. The molecule has 2 aromatic rings. The first kappa shape index (κ1) is 13.4. The molecule has 0 bridgehead atoms. The lowest BCUT2D eigenvalue weighted by Crippen LogP contribution is -2.35. The van der Waals surface area contributed by atoms with Crippen molar-refractivity contribution < 1.29 is 4.42 Å². The van der Waals surface area contributed by atoms with Gasteiger partial charge in [0.15, 0.2) is 0 Å². The summed E-state index contributed by atoms with van der Waals surface area (Å²) in [5.74, 6) is 3.99. The molecule has 0 radical (unpaired) electrons. The van der Waals surface area contributed by atoms with E-state index < -0.39 is 0 Å². The van der Waals surface area contributed by atoms with Crippen LogP contribution in [0.5, 0.6) is 0 Å². The summed E-state index contributed by atoms with van der Waals surface area (Å²) >= 11 is 0. The van der Waals surface area contributed by atoms with Crippen LogP contribution in [0.4, 0.5) is 0 Å². The number of imidazole rings is 1. The summed E-state index contributed by atoms with van der Waals surface area (Å²) in [7, 11) is 2.08. The minimum absolute atomic E-state index is 0.709. The molecule has 1 aliphatic heterocycles. The van der Waals surface area contributed by atoms with E-state index in [-0.39, 0.29) is 0 Å². The van der Waals surface area contributed by atoms with Crippen LogP contribution in [-0.4, -0.2) is 27.5 Å². The fourth-order valence-electron chi connectivity index (χ4n) is 3.10. The van der Waals surface area contributed by atoms with E-state index in [9.17, 15) is 0 Å². The third-order valence-corrected chi connectivity index (χ3v) is 4.17. The quantitative estimate of drug-likeness (QED) is 0.859. The zero-order valence-electron chi connectivity index (χ0n) is 12.4. The minimum atomic E-state index is 0.709. The molecule has 4 heteroatoms. The van der Waals surface area contributed by atoms with Crippen molar-refractivity contribution >= 4 is 0 Å². The predicted molar refractivity (Wildman–Crippen MR) is 78.4 cm³/mol. The van der Waals surface area contributed by atoms with E-state index in [1.807, 2.05) is 25.4 Å². The standard InChI is InChI=1S/C16H23N3O/c1-13-5-6-15(20-13)12-19-8-3-4-14(11-19)10-16-17-7-9-18(16)2/h5-7,9,14H,3-4,8,10-12H2,1-2H3/t14-/m0/s1. The summed E-state index contributed by atoms with van der Waals surface area (Å²) in [5.41, 5.74) is 0. The van der Waals surface area contributed by atoms with Gasteiger partial charge in [0.05, 0.1) is 6.54 Å². The smallest absolute Gasteiger partial charge is 0.118 e. The van der Waals surface area contributed by atoms with Crippen LogP contribution >= 0.6 is 0 Å². The lowest BCUT2D eigenvalue weighted by Gasteiger charge is -2.32. The van der Waals surface area contributed by atoms with Crippen molar-refractivity contribution in [2.45, 2.75) is 32.7 Å². The van der Waals surface area contributed by atoms with Crippen molar-refractivity contribution in [3.63, 3.8) is 0 Å². The molecule has 20 heavy (non-hydrogen) atoms. The molecule has 0 spiro atoms. The van der Waals surface area contributed by atoms with Gasteiger partial charge in [-0.3, -0.25) is 4.90 Å². The molecule has 0 aromatic carbocycles. The number of piperidine rings is 1. The van der Waals surface area contributed by atoms with Crippen LogP contribution in [0.2, 0.25) is 0 Å². The number of aryl methyl sites for hydroxylation is 2. The average molecular weight is 273 g/mol. The van der Waals surface area contributed by atoms with Crippen molar-refractivity contribution in [3.05, 3.63) is 41.9 Å². The van der Waals surface area contributed by atoms with Gasteiger partial charge in [0.25, 0.3) is 0 Å². The van der Waals surface area contributed by atoms with E-state index in [1.54, 1.807) is 0 Å². The average Bonchev–Trinajstić information content (AvgIpc) is 3.00. The molecule has 2 aromatic heterocycles. The van der Waals surface area contributed by atoms with E-state index >= 15 is 0 Å². The third-order valence-electron chi connectivity index (χ3n) is 4.17. The second kappa shape index (κ2) is 5.83. The van der Waals surface area contributed by atoms with Crippen LogP contribution < -0.4 is 0 Å². The number of rotatable bonds is 4. The van der Waals surface area contributed by atoms with Gasteiger partial charge < -0.3 is 8.98 Å². The molecule has 3 heterocycles. The zero-order valence-corrected chi connectivity index (χ0v) is 12.4. The maximum Gasteiger partial charge on any atom is 0.118 e. The van der Waals surface area contributed by atoms with Gasteiger partial charge in [0.2, 0.25) is 0 Å². The lowest BCUT2D eigenvalue weighted by molar-refractivity contribution is 0.154. The molecular weight excluding hydrogens is 250 g/mol. The molecule has 0 aliphatic carbocycles. The largest absolute Gasteiger partial charge is 0.465 e. The molecule has 108 valence electrons. The molecule has 0 N–H and O–H groups in total. The van der Waals surface area contributed by atoms with Crippen LogP contribution in [0.25, 0.3) is 0 Å². The highest BCUT2D eigenvalue weighted by atomic mass is 16.3. The van der Waals surface area contributed by atoms with Gasteiger partial charge in [-0.15, -0.1) is 0 Å². The highest BCUT2D eigenvalue weighted by Crippen LogP contribution is 2.22. The molecule has 1 aliphatic rings. The SMILES string of the molecule is Cc1ccc(CN2CCC[C@@H](Cc3nccn3C)C2)o1. The van der Waals surface area contributed by atoms with E-state index in [0.29, 0.717) is 5.92 Å². The fourth-order valence-corrected chi connectivity index (χ4v) is 3.10. The van der Waals surface area contributed by atoms with E-state index in [2.05, 4.69) is 27.6 Å². The predicted octanol–water partition coefficient (Wildman–Crippen LogP) is 2.78. The summed E-state index contributed by atoms with van der Waals surface area (Å²) in [5, 5.41) is 0. The maximum absolute atomic E-state index is 5.69. The Labute approximate surface area is 120 Å². The van der Waals surface area contributed by atoms with E-state index in [4.69, 9.17) is 4.42 Å². The van der Waals surface area contributed by atoms with E-state index in [0.717, 1.165) is 31.0 Å². The van der Waals surface area contributed by atoms with Gasteiger partial charge in [-0.2, -0.15) is 0 Å². The topological polar surface area (TPSA) is 34.2 Å². The first-order chi connectivity index (χ1) is 9.70. The van der Waals surface area contributed by atoms with Crippen molar-refractivity contribution in [2.75, 3.05) is 13.1 Å². The van der Waals surface area contributed by atoms with Gasteiger partial charge in [0.1, 0.15) is 17.3 Å². The summed E-state index contributed by atoms with van der Waals surface area (Å²) < 4.78 is 7.82. The molecule has 0 unspecified atom stereocenters. The Kier molecular flexibility index (Phi) is 3.92. The molecule has 1 atom stereocenters. The summed E-state index contributed by atoms with van der Waals surface area (Å²) in [4.78, 5) is 6.96. The van der Waals surface area contributed by atoms with Crippen molar-refractivity contribution in [1.82, 2.24) is 14.5 Å². The van der Waals surface area contributed by atoms with Gasteiger partial charge in [-0.25, -0.2) is 4.98 Å². The molecule has 1 saturated heterocycles.